The molecule has 0 fully saturated rings. The highest BCUT2D eigenvalue weighted by Crippen LogP contribution is 2.25. The van der Waals surface area contributed by atoms with Gasteiger partial charge in [0.15, 0.2) is 0 Å². The second kappa shape index (κ2) is 10.4. The van der Waals surface area contributed by atoms with Gasteiger partial charge in [-0.1, -0.05) is 48.5 Å². The molecule has 2 amide bonds. The first-order valence-corrected chi connectivity index (χ1v) is 11.6. The molecule has 2 aromatic heterocycles. The molecule has 7 heteroatoms. The number of benzene rings is 2. The second-order valence-electron chi connectivity index (χ2n) is 8.42. The zero-order valence-electron chi connectivity index (χ0n) is 19.8. The van der Waals surface area contributed by atoms with Crippen LogP contribution in [0.5, 0.6) is 0 Å². The van der Waals surface area contributed by atoms with E-state index in [0.717, 1.165) is 16.6 Å². The summed E-state index contributed by atoms with van der Waals surface area (Å²) in [5.41, 5.74) is 3.72. The lowest BCUT2D eigenvalue weighted by Crippen LogP contribution is -2.39. The Balaban J connectivity index is 1.47. The number of aromatic nitrogens is 2. The summed E-state index contributed by atoms with van der Waals surface area (Å²) in [5, 5.41) is 11.3. The predicted molar refractivity (Wildman–Crippen MR) is 132 cm³/mol. The van der Waals surface area contributed by atoms with Crippen molar-refractivity contribution in [3.8, 4) is 0 Å². The molecule has 2 N–H and O–H groups in total. The molecule has 0 saturated carbocycles. The number of amides is 2. The maximum atomic E-state index is 13.3. The van der Waals surface area contributed by atoms with E-state index in [9.17, 15) is 9.59 Å². The van der Waals surface area contributed by atoms with Crippen molar-refractivity contribution < 1.29 is 14.0 Å². The Bertz CT molecular complexity index is 1290. The largest absolute Gasteiger partial charge is 0.461 e. The standard InChI is InChI=1S/C27H30N4O3/c1-4-31-23(16-18(2)30-31)26(32)28-15-14-21(17-20-10-6-5-7-11-20)29-27(33)25-19(3)34-24-13-9-8-12-22(24)25/h5-13,16,21H,4,14-15,17H2,1-3H3,(H,28,32)(H,29,33). The first-order chi connectivity index (χ1) is 16.5. The van der Waals surface area contributed by atoms with Gasteiger partial charge in [-0.3, -0.25) is 14.3 Å². The number of hydrogen-bond donors (Lipinski definition) is 2. The smallest absolute Gasteiger partial charge is 0.269 e. The number of aryl methyl sites for hydroxylation is 3. The molecule has 1 unspecified atom stereocenters. The molecule has 34 heavy (non-hydrogen) atoms. The molecule has 0 spiro atoms. The van der Waals surface area contributed by atoms with Crippen LogP contribution in [0.3, 0.4) is 0 Å². The summed E-state index contributed by atoms with van der Waals surface area (Å²) in [5.74, 6) is 0.256. The topological polar surface area (TPSA) is 89.2 Å². The van der Waals surface area contributed by atoms with Crippen LogP contribution >= 0.6 is 0 Å². The Morgan fingerprint density at radius 1 is 1.03 bits per heavy atom. The van der Waals surface area contributed by atoms with Crippen LogP contribution < -0.4 is 10.6 Å². The molecule has 0 aliphatic heterocycles. The molecule has 0 aliphatic rings. The van der Waals surface area contributed by atoms with Gasteiger partial charge in [-0.15, -0.1) is 0 Å². The van der Waals surface area contributed by atoms with Gasteiger partial charge < -0.3 is 15.1 Å². The minimum atomic E-state index is -0.172. The number of carbonyl (C=O) groups excluding carboxylic acids is 2. The average molecular weight is 459 g/mol. The average Bonchev–Trinajstić information content (AvgIpc) is 3.38. The van der Waals surface area contributed by atoms with E-state index >= 15 is 0 Å². The number of para-hydroxylation sites is 1. The van der Waals surface area contributed by atoms with E-state index in [4.69, 9.17) is 4.42 Å². The van der Waals surface area contributed by atoms with Crippen molar-refractivity contribution in [2.45, 2.75) is 46.2 Å². The normalized spacial score (nSPS) is 12.0. The van der Waals surface area contributed by atoms with Crippen LogP contribution in [0.25, 0.3) is 11.0 Å². The van der Waals surface area contributed by atoms with Gasteiger partial charge in [-0.25, -0.2) is 0 Å². The predicted octanol–water partition coefficient (Wildman–Crippen LogP) is 4.43. The zero-order valence-corrected chi connectivity index (χ0v) is 19.8. The SMILES string of the molecule is CCn1nc(C)cc1C(=O)NCCC(Cc1ccccc1)NC(=O)c1c(C)oc2ccccc12. The molecule has 1 atom stereocenters. The van der Waals surface area contributed by atoms with Crippen molar-refractivity contribution in [2.24, 2.45) is 0 Å². The van der Waals surface area contributed by atoms with Crippen LogP contribution in [0.4, 0.5) is 0 Å². The van der Waals surface area contributed by atoms with Gasteiger partial charge in [0.2, 0.25) is 0 Å². The van der Waals surface area contributed by atoms with Gasteiger partial charge in [-0.05, 0) is 51.3 Å². The van der Waals surface area contributed by atoms with Crippen molar-refractivity contribution >= 4 is 22.8 Å². The Kier molecular flexibility index (Phi) is 7.11. The van der Waals surface area contributed by atoms with Crippen LogP contribution in [0.15, 0.2) is 65.1 Å². The van der Waals surface area contributed by atoms with Crippen LogP contribution in [0, 0.1) is 13.8 Å². The third-order valence-electron chi connectivity index (χ3n) is 5.87. The van der Waals surface area contributed by atoms with Gasteiger partial charge >= 0.3 is 0 Å². The number of carbonyl (C=O) groups is 2. The van der Waals surface area contributed by atoms with Crippen LogP contribution in [0.2, 0.25) is 0 Å². The third kappa shape index (κ3) is 5.20. The van der Waals surface area contributed by atoms with Crippen molar-refractivity contribution in [1.82, 2.24) is 20.4 Å². The van der Waals surface area contributed by atoms with Crippen LogP contribution in [-0.2, 0) is 13.0 Å². The van der Waals surface area contributed by atoms with Crippen LogP contribution in [0.1, 0.15) is 51.2 Å². The Morgan fingerprint density at radius 2 is 1.76 bits per heavy atom. The van der Waals surface area contributed by atoms with Crippen molar-refractivity contribution in [2.75, 3.05) is 6.54 Å². The zero-order chi connectivity index (χ0) is 24.1. The van der Waals surface area contributed by atoms with E-state index in [-0.39, 0.29) is 17.9 Å². The maximum absolute atomic E-state index is 13.3. The van der Waals surface area contributed by atoms with Gasteiger partial charge in [0.25, 0.3) is 11.8 Å². The molecule has 2 aromatic carbocycles. The summed E-state index contributed by atoms with van der Waals surface area (Å²) in [4.78, 5) is 26.0. The Labute approximate surface area is 199 Å². The van der Waals surface area contributed by atoms with Crippen molar-refractivity contribution in [3.05, 3.63) is 88.9 Å². The molecule has 0 saturated heterocycles. The molecule has 2 heterocycles. The molecular weight excluding hydrogens is 428 g/mol. The summed E-state index contributed by atoms with van der Waals surface area (Å²) < 4.78 is 7.47. The van der Waals surface area contributed by atoms with Gasteiger partial charge in [0, 0.05) is 24.5 Å². The summed E-state index contributed by atoms with van der Waals surface area (Å²) in [7, 11) is 0. The Morgan fingerprint density at radius 3 is 2.53 bits per heavy atom. The summed E-state index contributed by atoms with van der Waals surface area (Å²) >= 11 is 0. The molecule has 176 valence electrons. The minimum Gasteiger partial charge on any atom is -0.461 e. The lowest BCUT2D eigenvalue weighted by molar-refractivity contribution is 0.0932. The molecule has 4 rings (SSSR count). The van der Waals surface area contributed by atoms with E-state index in [2.05, 4.69) is 15.7 Å². The quantitative estimate of drug-likeness (QED) is 0.388. The molecule has 7 nitrogen and oxygen atoms in total. The van der Waals surface area contributed by atoms with E-state index in [1.165, 1.54) is 0 Å². The lowest BCUT2D eigenvalue weighted by atomic mass is 10.0. The summed E-state index contributed by atoms with van der Waals surface area (Å²) in [6, 6.07) is 19.2. The maximum Gasteiger partial charge on any atom is 0.269 e. The van der Waals surface area contributed by atoms with Gasteiger partial charge in [-0.2, -0.15) is 5.10 Å². The number of fused-ring (bicyclic) bond motifs is 1. The van der Waals surface area contributed by atoms with Gasteiger partial charge in [0.1, 0.15) is 17.0 Å². The second-order valence-corrected chi connectivity index (χ2v) is 8.42. The highest BCUT2D eigenvalue weighted by Gasteiger charge is 2.21. The number of rotatable bonds is 9. The number of nitrogens with zero attached hydrogens (tertiary/aromatic N) is 2. The minimum absolute atomic E-state index is 0.163. The highest BCUT2D eigenvalue weighted by atomic mass is 16.3. The fraction of sp³-hybridized carbons (Fsp3) is 0.296. The van der Waals surface area contributed by atoms with Crippen molar-refractivity contribution in [3.63, 3.8) is 0 Å². The van der Waals surface area contributed by atoms with Crippen LogP contribution in [-0.4, -0.2) is 34.2 Å². The number of furan rings is 1. The molecule has 4 aromatic rings. The van der Waals surface area contributed by atoms with E-state index in [1.807, 2.05) is 68.4 Å². The molecule has 0 aliphatic carbocycles. The number of hydrogen-bond acceptors (Lipinski definition) is 4. The van der Waals surface area contributed by atoms with E-state index in [1.54, 1.807) is 17.7 Å². The highest BCUT2D eigenvalue weighted by molar-refractivity contribution is 6.07. The molecular formula is C27H30N4O3. The summed E-state index contributed by atoms with van der Waals surface area (Å²) in [6.07, 6.45) is 1.24. The fourth-order valence-electron chi connectivity index (χ4n) is 4.25. The molecule has 0 bridgehead atoms. The van der Waals surface area contributed by atoms with E-state index in [0.29, 0.717) is 48.5 Å². The van der Waals surface area contributed by atoms with E-state index < -0.39 is 0 Å². The third-order valence-corrected chi connectivity index (χ3v) is 5.87. The first-order valence-electron chi connectivity index (χ1n) is 11.6. The monoisotopic (exact) mass is 458 g/mol. The Hall–Kier alpha value is -3.87. The first kappa shape index (κ1) is 23.3. The fourth-order valence-corrected chi connectivity index (χ4v) is 4.25. The van der Waals surface area contributed by atoms with Crippen molar-refractivity contribution in [1.29, 1.82) is 0 Å². The van der Waals surface area contributed by atoms with Gasteiger partial charge in [0.05, 0.1) is 11.3 Å². The lowest BCUT2D eigenvalue weighted by Gasteiger charge is -2.19. The summed E-state index contributed by atoms with van der Waals surface area (Å²) in [6.45, 7) is 6.68. The molecule has 0 radical (unpaired) electrons. The number of nitrogens with one attached hydrogen (secondary N) is 2.